The van der Waals surface area contributed by atoms with Gasteiger partial charge >= 0.3 is 0 Å². The minimum absolute atomic E-state index is 0.601. The van der Waals surface area contributed by atoms with E-state index in [-0.39, 0.29) is 0 Å². The first-order valence-electron chi connectivity index (χ1n) is 7.57. The Kier molecular flexibility index (Phi) is 4.44. The van der Waals surface area contributed by atoms with Gasteiger partial charge in [0.25, 0.3) is 0 Å². The number of aromatic nitrogens is 2. The number of hydrogen-bond donors (Lipinski definition) is 0. The Morgan fingerprint density at radius 1 is 1.30 bits per heavy atom. The van der Waals surface area contributed by atoms with Crippen LogP contribution in [0.15, 0.2) is 36.7 Å². The van der Waals surface area contributed by atoms with Crippen molar-refractivity contribution >= 4 is 22.6 Å². The Balaban J connectivity index is 1.82. The molecular formula is C17H21IN2. The van der Waals surface area contributed by atoms with Gasteiger partial charge in [0.05, 0.1) is 12.2 Å². The first-order chi connectivity index (χ1) is 9.78. The van der Waals surface area contributed by atoms with Gasteiger partial charge in [0.15, 0.2) is 0 Å². The summed E-state index contributed by atoms with van der Waals surface area (Å²) in [7, 11) is 0. The van der Waals surface area contributed by atoms with Crippen molar-refractivity contribution in [3.63, 3.8) is 0 Å². The number of rotatable bonds is 3. The summed E-state index contributed by atoms with van der Waals surface area (Å²) in [6.07, 6.45) is 10.9. The SMILES string of the molecule is CCC1CCCC(n2cc(-c3ccccc3I)cn2)C1. The van der Waals surface area contributed by atoms with E-state index in [1.165, 1.54) is 46.8 Å². The lowest BCUT2D eigenvalue weighted by Crippen LogP contribution is -2.19. The Morgan fingerprint density at radius 2 is 2.15 bits per heavy atom. The van der Waals surface area contributed by atoms with E-state index < -0.39 is 0 Å². The summed E-state index contributed by atoms with van der Waals surface area (Å²) in [5.74, 6) is 0.887. The van der Waals surface area contributed by atoms with Crippen LogP contribution in [0.2, 0.25) is 0 Å². The fraction of sp³-hybridized carbons (Fsp3) is 0.471. The fourth-order valence-electron chi connectivity index (χ4n) is 3.25. The van der Waals surface area contributed by atoms with E-state index in [1.54, 1.807) is 0 Å². The molecule has 2 aromatic rings. The van der Waals surface area contributed by atoms with Crippen LogP contribution in [0.4, 0.5) is 0 Å². The molecule has 3 rings (SSSR count). The normalized spacial score (nSPS) is 22.9. The van der Waals surface area contributed by atoms with Crippen LogP contribution in [0.3, 0.4) is 0 Å². The third-order valence-electron chi connectivity index (χ3n) is 4.49. The molecule has 0 bridgehead atoms. The molecule has 3 heteroatoms. The lowest BCUT2D eigenvalue weighted by Gasteiger charge is -2.28. The molecule has 0 aliphatic heterocycles. The molecule has 106 valence electrons. The zero-order valence-corrected chi connectivity index (χ0v) is 14.1. The van der Waals surface area contributed by atoms with Crippen LogP contribution in [-0.2, 0) is 0 Å². The molecule has 2 unspecified atom stereocenters. The zero-order chi connectivity index (χ0) is 13.9. The Hall–Kier alpha value is -0.840. The maximum Gasteiger partial charge on any atom is 0.0568 e. The minimum atomic E-state index is 0.601. The van der Waals surface area contributed by atoms with Crippen LogP contribution in [0, 0.1) is 9.49 Å². The smallest absolute Gasteiger partial charge is 0.0568 e. The first-order valence-corrected chi connectivity index (χ1v) is 8.65. The number of halogens is 1. The van der Waals surface area contributed by atoms with Gasteiger partial charge in [0.1, 0.15) is 0 Å². The average molecular weight is 380 g/mol. The largest absolute Gasteiger partial charge is 0.269 e. The Bertz CT molecular complexity index is 576. The van der Waals surface area contributed by atoms with Gasteiger partial charge in [-0.25, -0.2) is 0 Å². The number of benzene rings is 1. The molecule has 1 fully saturated rings. The average Bonchev–Trinajstić information content (AvgIpc) is 2.97. The second-order valence-electron chi connectivity index (χ2n) is 5.78. The van der Waals surface area contributed by atoms with Crippen LogP contribution in [0.1, 0.15) is 45.1 Å². The highest BCUT2D eigenvalue weighted by Crippen LogP contribution is 2.35. The van der Waals surface area contributed by atoms with Crippen molar-refractivity contribution in [1.82, 2.24) is 9.78 Å². The fourth-order valence-corrected chi connectivity index (χ4v) is 3.94. The van der Waals surface area contributed by atoms with E-state index >= 15 is 0 Å². The Morgan fingerprint density at radius 3 is 2.95 bits per heavy atom. The molecule has 1 saturated carbocycles. The second kappa shape index (κ2) is 6.29. The van der Waals surface area contributed by atoms with Crippen molar-refractivity contribution in [2.24, 2.45) is 5.92 Å². The quantitative estimate of drug-likeness (QED) is 0.661. The summed E-state index contributed by atoms with van der Waals surface area (Å²) in [5, 5.41) is 4.64. The van der Waals surface area contributed by atoms with Gasteiger partial charge in [0.2, 0.25) is 0 Å². The van der Waals surface area contributed by atoms with E-state index in [0.717, 1.165) is 5.92 Å². The zero-order valence-electron chi connectivity index (χ0n) is 11.9. The molecule has 0 N–H and O–H groups in total. The number of nitrogens with zero attached hydrogens (tertiary/aromatic N) is 2. The van der Waals surface area contributed by atoms with Gasteiger partial charge in [-0.1, -0.05) is 44.4 Å². The van der Waals surface area contributed by atoms with Crippen molar-refractivity contribution in [1.29, 1.82) is 0 Å². The van der Waals surface area contributed by atoms with E-state index in [9.17, 15) is 0 Å². The van der Waals surface area contributed by atoms with Crippen molar-refractivity contribution < 1.29 is 0 Å². The van der Waals surface area contributed by atoms with Crippen LogP contribution >= 0.6 is 22.6 Å². The standard InChI is InChI=1S/C17H21IN2/c1-2-13-6-5-7-15(10-13)20-12-14(11-19-20)16-8-3-4-9-17(16)18/h3-4,8-9,11-13,15H,2,5-7,10H2,1H3. The molecule has 2 atom stereocenters. The highest BCUT2D eigenvalue weighted by Gasteiger charge is 2.22. The van der Waals surface area contributed by atoms with Gasteiger partial charge in [-0.05, 0) is 53.0 Å². The summed E-state index contributed by atoms with van der Waals surface area (Å²) in [6, 6.07) is 9.12. The summed E-state index contributed by atoms with van der Waals surface area (Å²) in [4.78, 5) is 0. The van der Waals surface area contributed by atoms with E-state index in [0.29, 0.717) is 6.04 Å². The highest BCUT2D eigenvalue weighted by molar-refractivity contribution is 14.1. The molecule has 1 aromatic carbocycles. The van der Waals surface area contributed by atoms with Gasteiger partial charge in [-0.15, -0.1) is 0 Å². The van der Waals surface area contributed by atoms with E-state index in [1.807, 2.05) is 6.20 Å². The van der Waals surface area contributed by atoms with Gasteiger partial charge in [-0.3, -0.25) is 4.68 Å². The van der Waals surface area contributed by atoms with Gasteiger partial charge in [0, 0.05) is 15.3 Å². The molecule has 1 aromatic heterocycles. The second-order valence-corrected chi connectivity index (χ2v) is 6.95. The molecule has 1 aliphatic rings. The molecule has 20 heavy (non-hydrogen) atoms. The molecular weight excluding hydrogens is 359 g/mol. The van der Waals surface area contributed by atoms with Gasteiger partial charge < -0.3 is 0 Å². The monoisotopic (exact) mass is 380 g/mol. The number of hydrogen-bond acceptors (Lipinski definition) is 1. The van der Waals surface area contributed by atoms with E-state index in [4.69, 9.17) is 0 Å². The van der Waals surface area contributed by atoms with Crippen molar-refractivity contribution in [2.75, 3.05) is 0 Å². The van der Waals surface area contributed by atoms with Crippen LogP contribution in [-0.4, -0.2) is 9.78 Å². The maximum atomic E-state index is 4.64. The molecule has 2 nitrogen and oxygen atoms in total. The lowest BCUT2D eigenvalue weighted by molar-refractivity contribution is 0.248. The van der Waals surface area contributed by atoms with Crippen molar-refractivity contribution in [3.8, 4) is 11.1 Å². The molecule has 0 amide bonds. The summed E-state index contributed by atoms with van der Waals surface area (Å²) in [6.45, 7) is 2.31. The molecule has 1 heterocycles. The third kappa shape index (κ3) is 2.92. The van der Waals surface area contributed by atoms with Crippen molar-refractivity contribution in [2.45, 2.75) is 45.1 Å². The molecule has 0 spiro atoms. The summed E-state index contributed by atoms with van der Waals surface area (Å²) >= 11 is 2.40. The summed E-state index contributed by atoms with van der Waals surface area (Å²) < 4.78 is 3.50. The highest BCUT2D eigenvalue weighted by atomic mass is 127. The van der Waals surface area contributed by atoms with Crippen molar-refractivity contribution in [3.05, 3.63) is 40.2 Å². The third-order valence-corrected chi connectivity index (χ3v) is 5.43. The predicted molar refractivity (Wildman–Crippen MR) is 91.7 cm³/mol. The predicted octanol–water partition coefficient (Wildman–Crippen LogP) is 5.30. The first kappa shape index (κ1) is 14.1. The van der Waals surface area contributed by atoms with Crippen LogP contribution in [0.5, 0.6) is 0 Å². The van der Waals surface area contributed by atoms with Crippen LogP contribution in [0.25, 0.3) is 11.1 Å². The maximum absolute atomic E-state index is 4.64. The topological polar surface area (TPSA) is 17.8 Å². The Labute approximate surface area is 134 Å². The molecule has 0 radical (unpaired) electrons. The van der Waals surface area contributed by atoms with E-state index in [2.05, 4.69) is 69.8 Å². The lowest BCUT2D eigenvalue weighted by atomic mass is 9.84. The summed E-state index contributed by atoms with van der Waals surface area (Å²) in [5.41, 5.74) is 2.54. The minimum Gasteiger partial charge on any atom is -0.269 e. The molecule has 1 aliphatic carbocycles. The van der Waals surface area contributed by atoms with Crippen LogP contribution < -0.4 is 0 Å². The van der Waals surface area contributed by atoms with Gasteiger partial charge in [-0.2, -0.15) is 5.10 Å². The molecule has 0 saturated heterocycles.